The van der Waals surface area contributed by atoms with Crippen molar-refractivity contribution < 1.29 is 85.7 Å². The summed E-state index contributed by atoms with van der Waals surface area (Å²) in [7, 11) is -1.52. The predicted octanol–water partition coefficient (Wildman–Crippen LogP) is 29.0. The molecule has 121 heavy (non-hydrogen) atoms. The van der Waals surface area contributed by atoms with Gasteiger partial charge in [-0.25, -0.2) is 0 Å². The molecule has 0 aliphatic heterocycles. The standard InChI is InChI=1S/2C31H39O2P.C21H27N.C18H21N.2CH4O3S.2Pd/c2*1-22-26(30-27-17-11-10-12-23(27)18-20-28(30)32-2)19-21-29(33-3)31(22)34(24-13-6-4-7-14-24)25-15-8-5-9-16-25;1-13(2)16-7-9-17(10-8-16)20-12-18(14(3)4)11-19(15(5)6)21(20)22;1-12(2)14-5-7-15(8-6-14)17-10-9-16(13(3)4)11-18(17)19;2*1-5(2,3)4;;/h2*10-12,17-21,24-25H,4-9,13-16H2,1-3H3;7-9,11-15,22H,1-6H3;5-7,9-13,19H,1-4H3;2*1H3,(H,2,3,4);;/q;;2*-2;;;2*+2/p+2. The van der Waals surface area contributed by atoms with Crippen molar-refractivity contribution in [2.75, 3.05) is 41.0 Å². The van der Waals surface area contributed by atoms with Crippen LogP contribution in [0.3, 0.4) is 0 Å². The predicted molar refractivity (Wildman–Crippen MR) is 513 cm³/mol. The molecule has 0 heterocycles. The van der Waals surface area contributed by atoms with Gasteiger partial charge in [-0.2, -0.15) is 28.2 Å². The van der Waals surface area contributed by atoms with E-state index in [1.165, 1.54) is 206 Å². The SMILES string of the molecule is CC(C)c1c[c-]c(-c2cc(C(C)C)cc(C(C)C)c2[NH-])cc1.CC(C)c1c[c-]c(-c2ccc(C(C)C)cc2[NH-])cc1.COc1ccc(-c2c(OC)ccc3ccccc23)c(C)c1[PH+](C1CCCCC1)C1CCCCC1.COc1ccc(-c2c(OC)ccc3ccccc23)c(C)c1[PH+](C1CCCCC1)C1CCCCC1.CS(=O)(=O)O.CS(=O)(=O)O.[Pd+2].[Pd+2]. The molecule has 4 N–H and O–H groups in total. The number of nitrogens with one attached hydrogen (secondary N) is 2. The van der Waals surface area contributed by atoms with Gasteiger partial charge in [-0.1, -0.05) is 209 Å². The fraction of sp³-hybridized carbons (Fsp3) is 0.456. The zero-order chi connectivity index (χ0) is 86.4. The summed E-state index contributed by atoms with van der Waals surface area (Å²) in [5.74, 6) is 6.50. The number of ether oxygens (including phenoxy) is 4. The zero-order valence-electron chi connectivity index (χ0n) is 75.0. The zero-order valence-corrected chi connectivity index (χ0v) is 81.8. The van der Waals surface area contributed by atoms with Crippen LogP contribution >= 0.6 is 15.8 Å². The Morgan fingerprint density at radius 2 is 0.686 bits per heavy atom. The van der Waals surface area contributed by atoms with Crippen molar-refractivity contribution in [2.45, 2.75) is 264 Å². The van der Waals surface area contributed by atoms with Gasteiger partial charge in [0.05, 0.1) is 63.6 Å². The average Bonchev–Trinajstić information content (AvgIpc) is 0.755. The normalized spacial score (nSPS) is 14.9. The Morgan fingerprint density at radius 3 is 0.992 bits per heavy atom. The maximum absolute atomic E-state index is 9.19. The van der Waals surface area contributed by atoms with Crippen molar-refractivity contribution in [3.63, 3.8) is 0 Å². The molecule has 0 saturated heterocycles. The van der Waals surface area contributed by atoms with Crippen molar-refractivity contribution in [1.82, 2.24) is 0 Å². The number of fused-ring (bicyclic) bond motifs is 2. The molecular formula is C103H136N2O10P2Pd2S2+2. The van der Waals surface area contributed by atoms with Crippen LogP contribution in [-0.2, 0) is 61.1 Å². The molecule has 10 aromatic carbocycles. The number of methoxy groups -OCH3 is 4. The Labute approximate surface area is 757 Å². The molecule has 4 fully saturated rings. The van der Waals surface area contributed by atoms with Gasteiger partial charge >= 0.3 is 40.8 Å². The molecule has 12 nitrogen and oxygen atoms in total. The molecule has 0 unspecified atom stereocenters. The van der Waals surface area contributed by atoms with Gasteiger partial charge in [-0.05, 0) is 209 Å². The molecule has 658 valence electrons. The van der Waals surface area contributed by atoms with E-state index < -0.39 is 36.1 Å². The summed E-state index contributed by atoms with van der Waals surface area (Å²) >= 11 is 0. The van der Waals surface area contributed by atoms with Gasteiger partial charge in [-0.3, -0.25) is 9.11 Å². The minimum absolute atomic E-state index is 0. The summed E-state index contributed by atoms with van der Waals surface area (Å²) in [6.07, 6.45) is 29.6. The fourth-order valence-corrected chi connectivity index (χ4v) is 27.4. The van der Waals surface area contributed by atoms with Crippen LogP contribution < -0.4 is 29.6 Å². The van der Waals surface area contributed by atoms with Gasteiger partial charge < -0.3 is 30.4 Å². The second-order valence-corrected chi connectivity index (χ2v) is 43.8. The number of hydrogen-bond donors (Lipinski definition) is 2. The van der Waals surface area contributed by atoms with Crippen LogP contribution in [0.2, 0.25) is 0 Å². The van der Waals surface area contributed by atoms with Crippen molar-refractivity contribution >= 4 is 79.6 Å². The molecule has 0 bridgehead atoms. The summed E-state index contributed by atoms with van der Waals surface area (Å²) in [6.45, 7) is 26.5. The van der Waals surface area contributed by atoms with E-state index in [0.29, 0.717) is 53.5 Å². The summed E-state index contributed by atoms with van der Waals surface area (Å²) in [4.78, 5) is 0. The van der Waals surface area contributed by atoms with E-state index in [1.807, 2.05) is 32.4 Å². The van der Waals surface area contributed by atoms with Gasteiger partial charge in [0, 0.05) is 38.1 Å². The molecule has 14 rings (SSSR count). The Morgan fingerprint density at radius 1 is 0.372 bits per heavy atom. The number of rotatable bonds is 19. The monoisotopic (exact) mass is 1900 g/mol. The van der Waals surface area contributed by atoms with Crippen molar-refractivity contribution in [1.29, 1.82) is 0 Å². The van der Waals surface area contributed by atoms with E-state index >= 15 is 0 Å². The first-order valence-corrected chi connectivity index (χ1v) is 50.6. The summed E-state index contributed by atoms with van der Waals surface area (Å²) < 4.78 is 75.8. The van der Waals surface area contributed by atoms with Crippen LogP contribution in [-0.4, -0.2) is 89.5 Å². The number of hydrogen-bond acceptors (Lipinski definition) is 8. The van der Waals surface area contributed by atoms with Crippen LogP contribution in [0.5, 0.6) is 23.0 Å². The largest absolute Gasteiger partial charge is 2.00 e. The van der Waals surface area contributed by atoms with Crippen LogP contribution in [0, 0.1) is 26.0 Å². The minimum Gasteiger partial charge on any atom is -0.706 e. The van der Waals surface area contributed by atoms with Crippen LogP contribution in [0.1, 0.15) is 266 Å². The molecule has 0 radical (unpaired) electrons. The van der Waals surface area contributed by atoms with Crippen molar-refractivity contribution in [3.05, 3.63) is 226 Å². The third kappa shape index (κ3) is 28.0. The van der Waals surface area contributed by atoms with Crippen LogP contribution in [0.25, 0.3) is 77.5 Å². The third-order valence-electron chi connectivity index (χ3n) is 24.6. The molecule has 0 spiro atoms. The van der Waals surface area contributed by atoms with E-state index in [2.05, 4.69) is 241 Å². The van der Waals surface area contributed by atoms with Crippen LogP contribution in [0.4, 0.5) is 11.4 Å². The summed E-state index contributed by atoms with van der Waals surface area (Å²) in [5.41, 5.74) is 39.6. The van der Waals surface area contributed by atoms with E-state index in [-0.39, 0.29) is 40.8 Å². The van der Waals surface area contributed by atoms with Gasteiger partial charge in [0.2, 0.25) is 0 Å². The maximum Gasteiger partial charge on any atom is 2.00 e. The van der Waals surface area contributed by atoms with E-state index in [1.54, 1.807) is 24.8 Å². The molecule has 18 heteroatoms. The van der Waals surface area contributed by atoms with E-state index in [0.717, 1.165) is 73.5 Å². The Balaban J connectivity index is 0.000000218. The topological polar surface area (TPSA) is 193 Å². The molecule has 10 aromatic rings. The van der Waals surface area contributed by atoms with Gasteiger partial charge in [0.25, 0.3) is 20.2 Å². The molecule has 0 amide bonds. The third-order valence-corrected chi connectivity index (χ3v) is 32.8. The first kappa shape index (κ1) is 102. The second kappa shape index (κ2) is 48.3. The molecule has 4 saturated carbocycles. The molecule has 0 aromatic heterocycles. The Hall–Kier alpha value is -6.48. The Bertz CT molecular complexity index is 4910. The smallest absolute Gasteiger partial charge is 0.706 e. The van der Waals surface area contributed by atoms with Crippen molar-refractivity contribution in [2.24, 2.45) is 0 Å². The molecule has 4 aliphatic rings. The minimum atomic E-state index is -3.67. The summed E-state index contributed by atoms with van der Waals surface area (Å²) in [6, 6.07) is 64.9. The van der Waals surface area contributed by atoms with E-state index in [4.69, 9.17) is 39.5 Å². The number of benzene rings is 10. The summed E-state index contributed by atoms with van der Waals surface area (Å²) in [5, 5.41) is 8.23. The fourth-order valence-electron chi connectivity index (χ4n) is 18.3. The quantitative estimate of drug-likeness (QED) is 0.0340. The first-order chi connectivity index (χ1) is 56.7. The van der Waals surface area contributed by atoms with Gasteiger partial charge in [-0.15, -0.1) is 81.9 Å². The second-order valence-electron chi connectivity index (χ2n) is 34.8. The molecule has 4 aliphatic carbocycles. The first-order valence-electron chi connectivity index (χ1n) is 43.6. The molecule has 0 atom stereocenters. The van der Waals surface area contributed by atoms with E-state index in [9.17, 15) is 16.8 Å². The average molecular weight is 1900 g/mol. The van der Waals surface area contributed by atoms with Crippen molar-refractivity contribution in [3.8, 4) is 67.5 Å². The molecular weight excluding hydrogens is 1760 g/mol. The van der Waals surface area contributed by atoms with Gasteiger partial charge in [0.15, 0.2) is 11.5 Å². The Kier molecular flexibility index (Phi) is 40.6. The maximum atomic E-state index is 9.19. The van der Waals surface area contributed by atoms with Crippen LogP contribution in [0.15, 0.2) is 164 Å². The van der Waals surface area contributed by atoms with Gasteiger partial charge in [0.1, 0.15) is 22.1 Å².